The topological polar surface area (TPSA) is 83.6 Å². The smallest absolute Gasteiger partial charge is 0.248 e. The normalized spacial score (nSPS) is 12.1. The number of para-hydroxylation sites is 2. The molecular weight excluding hydrogens is 419 g/mol. The van der Waals surface area contributed by atoms with E-state index in [0.717, 1.165) is 16.6 Å². The molecule has 3 rings (SSSR count). The predicted molar refractivity (Wildman–Crippen MR) is 118 cm³/mol. The summed E-state index contributed by atoms with van der Waals surface area (Å²) in [5.41, 5.74) is 0.698. The molecule has 0 aliphatic heterocycles. The third-order valence-electron chi connectivity index (χ3n) is 4.64. The number of nitrogens with one attached hydrogen (secondary N) is 1. The first kappa shape index (κ1) is 22.2. The molecule has 0 heterocycles. The maximum absolute atomic E-state index is 14.3. The van der Waals surface area contributed by atoms with E-state index in [4.69, 9.17) is 0 Å². The van der Waals surface area contributed by atoms with E-state index >= 15 is 0 Å². The fourth-order valence-electron chi connectivity index (χ4n) is 3.18. The summed E-state index contributed by atoms with van der Waals surface area (Å²) in [6.45, 7) is 1.35. The van der Waals surface area contributed by atoms with Crippen molar-refractivity contribution in [2.45, 2.75) is 13.0 Å². The van der Waals surface area contributed by atoms with Crippen LogP contribution in [-0.4, -0.2) is 32.4 Å². The summed E-state index contributed by atoms with van der Waals surface area (Å²) < 4.78 is 39.8. The predicted octanol–water partition coefficient (Wildman–Crippen LogP) is 3.85. The number of amides is 1. The monoisotopic (exact) mass is 440 g/mol. The molecule has 0 fully saturated rings. The third kappa shape index (κ3) is 4.97. The van der Waals surface area contributed by atoms with Crippen LogP contribution < -0.4 is 9.62 Å². The number of halogens is 1. The van der Waals surface area contributed by atoms with Crippen LogP contribution in [0.1, 0.15) is 22.8 Å². The van der Waals surface area contributed by atoms with Gasteiger partial charge in [0.25, 0.3) is 0 Å². The molecule has 0 saturated carbocycles. The van der Waals surface area contributed by atoms with E-state index in [1.807, 2.05) is 0 Å². The second-order valence-electron chi connectivity index (χ2n) is 6.92. The Bertz CT molecular complexity index is 1210. The average molecular weight is 440 g/mol. The van der Waals surface area contributed by atoms with Crippen molar-refractivity contribution in [1.29, 1.82) is 0 Å². The minimum Gasteiger partial charge on any atom is -0.324 e. The van der Waals surface area contributed by atoms with E-state index in [9.17, 15) is 22.4 Å². The van der Waals surface area contributed by atoms with Crippen LogP contribution in [0.15, 0.2) is 78.9 Å². The minimum atomic E-state index is -3.98. The van der Waals surface area contributed by atoms with Gasteiger partial charge in [0, 0.05) is 11.1 Å². The molecule has 0 bridgehead atoms. The molecule has 0 aliphatic carbocycles. The molecule has 3 aromatic carbocycles. The van der Waals surface area contributed by atoms with Crippen molar-refractivity contribution in [3.8, 4) is 0 Å². The lowest BCUT2D eigenvalue weighted by molar-refractivity contribution is -0.116. The molecule has 1 amide bonds. The van der Waals surface area contributed by atoms with Gasteiger partial charge in [0.1, 0.15) is 11.9 Å². The van der Waals surface area contributed by atoms with Gasteiger partial charge in [-0.15, -0.1) is 0 Å². The Morgan fingerprint density at radius 3 is 2.13 bits per heavy atom. The lowest BCUT2D eigenvalue weighted by Crippen LogP contribution is -2.45. The second kappa shape index (κ2) is 9.09. The second-order valence-corrected chi connectivity index (χ2v) is 8.78. The molecule has 31 heavy (non-hydrogen) atoms. The zero-order valence-electron chi connectivity index (χ0n) is 16.9. The summed E-state index contributed by atoms with van der Waals surface area (Å²) in [5, 5.41) is 2.61. The highest BCUT2D eigenvalue weighted by atomic mass is 32.2. The fourth-order valence-corrected chi connectivity index (χ4v) is 4.36. The van der Waals surface area contributed by atoms with Crippen LogP contribution in [0.25, 0.3) is 0 Å². The lowest BCUT2D eigenvalue weighted by Gasteiger charge is -2.28. The first-order valence-electron chi connectivity index (χ1n) is 9.43. The molecule has 1 N–H and O–H groups in total. The van der Waals surface area contributed by atoms with Gasteiger partial charge in [0.15, 0.2) is 5.78 Å². The standard InChI is InChI=1S/C23H21FN2O4S/c1-16(26(31(2,29)30)21-15-9-7-13-19(21)24)23(28)25-20-14-8-6-12-18(20)22(27)17-10-4-3-5-11-17/h3-16H,1-2H3,(H,25,28)/t16-/m1/s1. The molecule has 0 spiro atoms. The van der Waals surface area contributed by atoms with E-state index in [-0.39, 0.29) is 22.7 Å². The maximum atomic E-state index is 14.3. The summed E-state index contributed by atoms with van der Waals surface area (Å²) in [7, 11) is -3.98. The molecule has 6 nitrogen and oxygen atoms in total. The van der Waals surface area contributed by atoms with Gasteiger partial charge in [-0.3, -0.25) is 13.9 Å². The number of carbonyl (C=O) groups is 2. The van der Waals surface area contributed by atoms with Gasteiger partial charge in [-0.25, -0.2) is 12.8 Å². The average Bonchev–Trinajstić information content (AvgIpc) is 2.75. The number of nitrogens with zero attached hydrogens (tertiary/aromatic N) is 1. The first-order chi connectivity index (χ1) is 14.7. The van der Waals surface area contributed by atoms with Crippen molar-refractivity contribution in [2.75, 3.05) is 15.9 Å². The van der Waals surface area contributed by atoms with Crippen LogP contribution >= 0.6 is 0 Å². The molecule has 3 aromatic rings. The van der Waals surface area contributed by atoms with Crippen LogP contribution in [0.2, 0.25) is 0 Å². The Morgan fingerprint density at radius 2 is 1.48 bits per heavy atom. The quantitative estimate of drug-likeness (QED) is 0.566. The highest BCUT2D eigenvalue weighted by molar-refractivity contribution is 7.92. The number of sulfonamides is 1. The summed E-state index contributed by atoms with van der Waals surface area (Å²) in [6, 6.07) is 19.0. The van der Waals surface area contributed by atoms with E-state index in [2.05, 4.69) is 5.32 Å². The van der Waals surface area contributed by atoms with Crippen molar-refractivity contribution >= 4 is 33.1 Å². The number of benzene rings is 3. The SMILES string of the molecule is C[C@H](C(=O)Nc1ccccc1C(=O)c1ccccc1)N(c1ccccc1F)S(C)(=O)=O. The highest BCUT2D eigenvalue weighted by Crippen LogP contribution is 2.25. The molecule has 160 valence electrons. The molecule has 0 unspecified atom stereocenters. The number of rotatable bonds is 7. The molecule has 1 atom stereocenters. The van der Waals surface area contributed by atoms with Gasteiger partial charge in [-0.2, -0.15) is 0 Å². The minimum absolute atomic E-state index is 0.232. The Hall–Kier alpha value is -3.52. The number of hydrogen-bond donors (Lipinski definition) is 1. The Kier molecular flexibility index (Phi) is 6.50. The number of ketones is 1. The number of anilines is 2. The van der Waals surface area contributed by atoms with Crippen molar-refractivity contribution in [3.05, 3.63) is 95.8 Å². The number of hydrogen-bond acceptors (Lipinski definition) is 4. The molecule has 0 aromatic heterocycles. The van der Waals surface area contributed by atoms with Gasteiger partial charge < -0.3 is 5.32 Å². The summed E-state index contributed by atoms with van der Waals surface area (Å²) in [4.78, 5) is 25.8. The molecule has 0 aliphatic rings. The van der Waals surface area contributed by atoms with Gasteiger partial charge in [-0.1, -0.05) is 54.6 Å². The van der Waals surface area contributed by atoms with Crippen LogP contribution in [0.4, 0.5) is 15.8 Å². The van der Waals surface area contributed by atoms with E-state index in [0.29, 0.717) is 5.56 Å². The Morgan fingerprint density at radius 1 is 0.903 bits per heavy atom. The largest absolute Gasteiger partial charge is 0.324 e. The maximum Gasteiger partial charge on any atom is 0.248 e. The first-order valence-corrected chi connectivity index (χ1v) is 11.3. The molecular formula is C23H21FN2O4S. The van der Waals surface area contributed by atoms with E-state index in [1.54, 1.807) is 54.6 Å². The van der Waals surface area contributed by atoms with Gasteiger partial charge >= 0.3 is 0 Å². The van der Waals surface area contributed by atoms with Crippen molar-refractivity contribution in [1.82, 2.24) is 0 Å². The van der Waals surface area contributed by atoms with Crippen LogP contribution in [0.5, 0.6) is 0 Å². The lowest BCUT2D eigenvalue weighted by atomic mass is 10.0. The molecule has 0 radical (unpaired) electrons. The highest BCUT2D eigenvalue weighted by Gasteiger charge is 2.31. The van der Waals surface area contributed by atoms with Gasteiger partial charge in [-0.05, 0) is 31.2 Å². The summed E-state index contributed by atoms with van der Waals surface area (Å²) in [5.74, 6) is -1.77. The fraction of sp³-hybridized carbons (Fsp3) is 0.130. The molecule has 0 saturated heterocycles. The van der Waals surface area contributed by atoms with Gasteiger partial charge in [0.2, 0.25) is 15.9 Å². The van der Waals surface area contributed by atoms with Crippen LogP contribution in [0, 0.1) is 5.82 Å². The summed E-state index contributed by atoms with van der Waals surface area (Å²) >= 11 is 0. The van der Waals surface area contributed by atoms with E-state index < -0.39 is 27.8 Å². The zero-order valence-corrected chi connectivity index (χ0v) is 17.8. The van der Waals surface area contributed by atoms with Crippen molar-refractivity contribution < 1.29 is 22.4 Å². The Labute approximate surface area is 180 Å². The summed E-state index contributed by atoms with van der Waals surface area (Å²) in [6.07, 6.45) is 0.899. The van der Waals surface area contributed by atoms with Gasteiger partial charge in [0.05, 0.1) is 17.6 Å². The van der Waals surface area contributed by atoms with Crippen LogP contribution in [0.3, 0.4) is 0 Å². The zero-order chi connectivity index (χ0) is 22.6. The Balaban J connectivity index is 1.92. The third-order valence-corrected chi connectivity index (χ3v) is 5.87. The van der Waals surface area contributed by atoms with Crippen molar-refractivity contribution in [2.24, 2.45) is 0 Å². The van der Waals surface area contributed by atoms with Crippen LogP contribution in [-0.2, 0) is 14.8 Å². The molecule has 8 heteroatoms. The van der Waals surface area contributed by atoms with Crippen molar-refractivity contribution in [3.63, 3.8) is 0 Å². The number of carbonyl (C=O) groups excluding carboxylic acids is 2. The van der Waals surface area contributed by atoms with E-state index in [1.165, 1.54) is 25.1 Å².